The molecule has 0 saturated heterocycles. The topological polar surface area (TPSA) is 120 Å². The monoisotopic (exact) mass is 1230 g/mol. The summed E-state index contributed by atoms with van der Waals surface area (Å²) in [4.78, 5) is 52.9. The molecule has 0 atom stereocenters. The zero-order chi connectivity index (χ0) is 65.0. The highest BCUT2D eigenvalue weighted by Gasteiger charge is 2.24. The van der Waals surface area contributed by atoms with Crippen LogP contribution in [0.15, 0.2) is 322 Å². The molecule has 96 heavy (non-hydrogen) atoms. The van der Waals surface area contributed by atoms with Crippen LogP contribution in [0.5, 0.6) is 0 Å². The second-order valence-corrected chi connectivity index (χ2v) is 24.7. The largest absolute Gasteiger partial charge is 0.294 e. The first kappa shape index (κ1) is 59.7. The van der Waals surface area contributed by atoms with Crippen molar-refractivity contribution in [3.8, 4) is 158 Å². The summed E-state index contributed by atoms with van der Waals surface area (Å²) >= 11 is 0. The van der Waals surface area contributed by atoms with Crippen molar-refractivity contribution in [2.45, 2.75) is 20.8 Å². The molecule has 9 nitrogen and oxygen atoms in total. The van der Waals surface area contributed by atoms with Crippen LogP contribution < -0.4 is 0 Å². The minimum absolute atomic E-state index is 0.110. The Labute approximate surface area is 558 Å². The molecule has 4 aromatic heterocycles. The van der Waals surface area contributed by atoms with Crippen molar-refractivity contribution in [3.63, 3.8) is 0 Å². The van der Waals surface area contributed by atoms with Crippen LogP contribution in [0.25, 0.3) is 158 Å². The van der Waals surface area contributed by atoms with Crippen LogP contribution in [0.1, 0.15) is 31.1 Å². The molecule has 15 aromatic rings. The molecule has 0 aliphatic carbocycles. The SMILES string of the molecule is CC(C)(C)C(=O)c1ccc(-c2ccccc2-c2cc(-c3ccccc3-c3ccc(-c4ccc(-c5nc(-c6ccccc6)nc(-c6ccccc6)n5)cn4)cc3)cc(-c3ccccc3-c3ccc(-c4ccc(-c5nc(-c6ccccc6)nc(-c6ccccc6)n5)cn4)cc3)c2)cc1. The number of pyridine rings is 2. The molecule has 0 fully saturated rings. The van der Waals surface area contributed by atoms with Gasteiger partial charge in [-0.2, -0.15) is 0 Å². The van der Waals surface area contributed by atoms with E-state index in [0.29, 0.717) is 40.5 Å². The quantitative estimate of drug-likeness (QED) is 0.0924. The molecule has 0 aliphatic rings. The fraction of sp³-hybridized carbons (Fsp3) is 0.0460. The number of hydrogen-bond acceptors (Lipinski definition) is 9. The lowest BCUT2D eigenvalue weighted by molar-refractivity contribution is 0.0858. The minimum atomic E-state index is -0.499. The maximum atomic E-state index is 13.4. The van der Waals surface area contributed by atoms with E-state index in [1.165, 1.54) is 0 Å². The average Bonchev–Trinajstić information content (AvgIpc) is 0.862. The van der Waals surface area contributed by atoms with E-state index in [9.17, 15) is 4.79 Å². The van der Waals surface area contributed by atoms with Gasteiger partial charge in [0.15, 0.2) is 40.7 Å². The summed E-state index contributed by atoms with van der Waals surface area (Å²) in [6.07, 6.45) is 3.69. The maximum absolute atomic E-state index is 13.4. The van der Waals surface area contributed by atoms with Gasteiger partial charge in [-0.1, -0.05) is 288 Å². The lowest BCUT2D eigenvalue weighted by Crippen LogP contribution is -2.19. The van der Waals surface area contributed by atoms with Crippen molar-refractivity contribution in [2.24, 2.45) is 5.41 Å². The van der Waals surface area contributed by atoms with Crippen LogP contribution in [0.4, 0.5) is 0 Å². The van der Waals surface area contributed by atoms with E-state index in [4.69, 9.17) is 39.9 Å². The van der Waals surface area contributed by atoms with E-state index in [2.05, 4.69) is 152 Å². The molecule has 0 saturated carbocycles. The predicted molar refractivity (Wildman–Crippen MR) is 389 cm³/mol. The van der Waals surface area contributed by atoms with Gasteiger partial charge in [0.25, 0.3) is 0 Å². The molecule has 0 radical (unpaired) electrons. The summed E-state index contributed by atoms with van der Waals surface area (Å²) < 4.78 is 0. The Morgan fingerprint density at radius 2 is 0.458 bits per heavy atom. The third kappa shape index (κ3) is 12.6. The van der Waals surface area contributed by atoms with E-state index >= 15 is 0 Å². The van der Waals surface area contributed by atoms with Crippen LogP contribution in [0.2, 0.25) is 0 Å². The number of ketones is 1. The van der Waals surface area contributed by atoms with Crippen LogP contribution in [0, 0.1) is 5.41 Å². The first-order valence-electron chi connectivity index (χ1n) is 32.1. The summed E-state index contributed by atoms with van der Waals surface area (Å²) in [6.45, 7) is 5.89. The van der Waals surface area contributed by atoms with Crippen molar-refractivity contribution < 1.29 is 4.79 Å². The Kier molecular flexibility index (Phi) is 16.3. The third-order valence-electron chi connectivity index (χ3n) is 17.2. The van der Waals surface area contributed by atoms with Gasteiger partial charge in [-0.25, -0.2) is 29.9 Å². The number of nitrogens with zero attached hydrogens (tertiary/aromatic N) is 8. The number of aromatic nitrogens is 8. The van der Waals surface area contributed by atoms with E-state index in [1.807, 2.05) is 191 Å². The molecule has 0 unspecified atom stereocenters. The Morgan fingerprint density at radius 3 is 0.719 bits per heavy atom. The molecular formula is C87H62N8O. The molecule has 0 spiro atoms. The minimum Gasteiger partial charge on any atom is -0.294 e. The number of carbonyl (C=O) groups excluding carboxylic acids is 1. The third-order valence-corrected chi connectivity index (χ3v) is 17.2. The lowest BCUT2D eigenvalue weighted by atomic mass is 9.85. The van der Waals surface area contributed by atoms with E-state index in [-0.39, 0.29) is 5.78 Å². The molecule has 4 heterocycles. The van der Waals surface area contributed by atoms with Crippen LogP contribution in [-0.2, 0) is 0 Å². The Balaban J connectivity index is 0.767. The maximum Gasteiger partial charge on any atom is 0.168 e. The van der Waals surface area contributed by atoms with Gasteiger partial charge in [0.1, 0.15) is 0 Å². The Hall–Kier alpha value is -12.6. The van der Waals surface area contributed by atoms with Crippen LogP contribution >= 0.6 is 0 Å². The highest BCUT2D eigenvalue weighted by atomic mass is 16.1. The second-order valence-electron chi connectivity index (χ2n) is 24.7. The zero-order valence-electron chi connectivity index (χ0n) is 53.1. The molecule has 0 aliphatic heterocycles. The van der Waals surface area contributed by atoms with Gasteiger partial charge in [0, 0.05) is 67.9 Å². The molecule has 0 N–H and O–H groups in total. The van der Waals surface area contributed by atoms with Gasteiger partial charge in [-0.05, 0) is 109 Å². The predicted octanol–water partition coefficient (Wildman–Crippen LogP) is 21.4. The zero-order valence-corrected chi connectivity index (χ0v) is 53.1. The molecule has 11 aromatic carbocycles. The van der Waals surface area contributed by atoms with Gasteiger partial charge in [-0.3, -0.25) is 14.8 Å². The molecule has 0 bridgehead atoms. The molecule has 9 heteroatoms. The number of rotatable bonds is 15. The van der Waals surface area contributed by atoms with Crippen molar-refractivity contribution in [1.82, 2.24) is 39.9 Å². The van der Waals surface area contributed by atoms with Gasteiger partial charge >= 0.3 is 0 Å². The van der Waals surface area contributed by atoms with Crippen LogP contribution in [0.3, 0.4) is 0 Å². The first-order chi connectivity index (χ1) is 47.1. The molecule has 0 amide bonds. The fourth-order valence-corrected chi connectivity index (χ4v) is 12.2. The van der Waals surface area contributed by atoms with Crippen molar-refractivity contribution in [1.29, 1.82) is 0 Å². The van der Waals surface area contributed by atoms with Crippen molar-refractivity contribution >= 4 is 5.78 Å². The lowest BCUT2D eigenvalue weighted by Gasteiger charge is -2.19. The van der Waals surface area contributed by atoms with Crippen molar-refractivity contribution in [3.05, 3.63) is 327 Å². The summed E-state index contributed by atoms with van der Waals surface area (Å²) in [5, 5.41) is 0. The first-order valence-corrected chi connectivity index (χ1v) is 32.1. The fourth-order valence-electron chi connectivity index (χ4n) is 12.2. The molecule has 456 valence electrons. The molecular weight excluding hydrogens is 1170 g/mol. The van der Waals surface area contributed by atoms with E-state index < -0.39 is 5.41 Å². The second kappa shape index (κ2) is 26.2. The average molecular weight is 1240 g/mol. The van der Waals surface area contributed by atoms with Gasteiger partial charge in [-0.15, -0.1) is 0 Å². The summed E-state index contributed by atoms with van der Waals surface area (Å²) in [7, 11) is 0. The number of Topliss-reactive ketones (excluding diaryl/α,β-unsaturated/α-hetero) is 1. The number of benzene rings is 11. The Bertz CT molecular complexity index is 4880. The Morgan fingerprint density at radius 1 is 0.229 bits per heavy atom. The standard InChI is InChI=1S/C87H62N8O/c1-87(2,3)80(96)62-46-40-59(41-47-62)74-32-18-21-35-77(74)71-53-69(75-33-19-16-30-72(75)57-36-42-60(43-37-57)78-50-48-67(55-88-78)85-92-81(63-22-8-4-9-23-63)90-82(93-85)64-24-10-5-11-25-64)52-70(54-71)76-34-20-17-31-73(76)58-38-44-61(45-39-58)79-51-49-68(56-89-79)86-94-83(65-26-12-6-13-27-65)91-84(95-86)66-28-14-7-15-29-66/h4-56H,1-3H3. The van der Waals surface area contributed by atoms with Gasteiger partial charge in [0.2, 0.25) is 0 Å². The summed E-state index contributed by atoms with van der Waals surface area (Å²) in [5.41, 5.74) is 21.9. The van der Waals surface area contributed by atoms with Crippen LogP contribution in [-0.4, -0.2) is 45.7 Å². The van der Waals surface area contributed by atoms with Gasteiger partial charge < -0.3 is 0 Å². The number of carbonyl (C=O) groups is 1. The number of hydrogen-bond donors (Lipinski definition) is 0. The van der Waals surface area contributed by atoms with Gasteiger partial charge in [0.05, 0.1) is 11.4 Å². The highest BCUT2D eigenvalue weighted by Crippen LogP contribution is 2.43. The summed E-state index contributed by atoms with van der Waals surface area (Å²) in [6, 6.07) is 106. The normalized spacial score (nSPS) is 11.3. The summed E-state index contributed by atoms with van der Waals surface area (Å²) in [5.74, 6) is 3.62. The highest BCUT2D eigenvalue weighted by molar-refractivity contribution is 6.01. The molecule has 15 rings (SSSR count). The van der Waals surface area contributed by atoms with E-state index in [0.717, 1.165) is 123 Å². The van der Waals surface area contributed by atoms with E-state index in [1.54, 1.807) is 0 Å². The smallest absolute Gasteiger partial charge is 0.168 e. The van der Waals surface area contributed by atoms with Crippen molar-refractivity contribution in [2.75, 3.05) is 0 Å².